The molecule has 3 nitrogen and oxygen atoms in total. The quantitative estimate of drug-likeness (QED) is 0.657. The lowest BCUT2D eigenvalue weighted by molar-refractivity contribution is -0.148. The van der Waals surface area contributed by atoms with Gasteiger partial charge >= 0.3 is 5.97 Å². The van der Waals surface area contributed by atoms with Gasteiger partial charge in [-0.25, -0.2) is 4.79 Å². The van der Waals surface area contributed by atoms with Gasteiger partial charge in [0.25, 0.3) is 0 Å². The number of aliphatic carboxylic acids is 1. The highest BCUT2D eigenvalue weighted by molar-refractivity contribution is 14.1. The molecule has 1 aromatic carbocycles. The van der Waals surface area contributed by atoms with Crippen LogP contribution in [0.3, 0.4) is 0 Å². The molecule has 74 valence electrons. The Morgan fingerprint density at radius 2 is 2.07 bits per heavy atom. The smallest absolute Gasteiger partial charge is 0.372 e. The third kappa shape index (κ3) is 3.06. The van der Waals surface area contributed by atoms with Gasteiger partial charge in [0.2, 0.25) is 5.78 Å². The van der Waals surface area contributed by atoms with Gasteiger partial charge in [-0.05, 0) is 46.4 Å². The average Bonchev–Trinajstić information content (AvgIpc) is 2.11. The highest BCUT2D eigenvalue weighted by Gasteiger charge is 2.13. The van der Waals surface area contributed by atoms with E-state index in [1.165, 1.54) is 0 Å². The SMILES string of the molecule is O=C(O)C(=O)Cc1cc(I)ccc1Br. The Kier molecular flexibility index (Phi) is 4.06. The van der Waals surface area contributed by atoms with Crippen LogP contribution in [0.1, 0.15) is 5.56 Å². The minimum atomic E-state index is -1.39. The van der Waals surface area contributed by atoms with Crippen molar-refractivity contribution in [2.24, 2.45) is 0 Å². The first-order valence-corrected chi connectivity index (χ1v) is 5.58. The third-order valence-corrected chi connectivity index (χ3v) is 3.04. The van der Waals surface area contributed by atoms with Crippen LogP contribution in [-0.4, -0.2) is 16.9 Å². The molecule has 0 radical (unpaired) electrons. The van der Waals surface area contributed by atoms with Crippen molar-refractivity contribution in [2.75, 3.05) is 0 Å². The Bertz CT molecular complexity index is 390. The number of hydrogen-bond donors (Lipinski definition) is 1. The van der Waals surface area contributed by atoms with Crippen molar-refractivity contribution in [3.8, 4) is 0 Å². The van der Waals surface area contributed by atoms with Gasteiger partial charge in [-0.1, -0.05) is 15.9 Å². The van der Waals surface area contributed by atoms with Crippen LogP contribution in [0.2, 0.25) is 0 Å². The Morgan fingerprint density at radius 3 is 2.64 bits per heavy atom. The predicted octanol–water partition coefficient (Wildman–Crippen LogP) is 2.25. The third-order valence-electron chi connectivity index (χ3n) is 1.60. The van der Waals surface area contributed by atoms with E-state index < -0.39 is 11.8 Å². The number of carbonyl (C=O) groups is 2. The molecule has 0 unspecified atom stereocenters. The second-order valence-electron chi connectivity index (χ2n) is 2.64. The van der Waals surface area contributed by atoms with Gasteiger partial charge in [0.1, 0.15) is 0 Å². The van der Waals surface area contributed by atoms with E-state index >= 15 is 0 Å². The molecule has 0 aliphatic rings. The second-order valence-corrected chi connectivity index (χ2v) is 4.74. The zero-order valence-corrected chi connectivity index (χ0v) is 10.7. The van der Waals surface area contributed by atoms with Crippen molar-refractivity contribution in [2.45, 2.75) is 6.42 Å². The predicted molar refractivity (Wildman–Crippen MR) is 63.2 cm³/mol. The van der Waals surface area contributed by atoms with Gasteiger partial charge in [0, 0.05) is 14.5 Å². The summed E-state index contributed by atoms with van der Waals surface area (Å²) in [5.74, 6) is -2.19. The maximum absolute atomic E-state index is 11.0. The second kappa shape index (κ2) is 4.88. The molecule has 1 N–H and O–H groups in total. The zero-order valence-electron chi connectivity index (χ0n) is 6.96. The molecule has 0 saturated heterocycles. The van der Waals surface area contributed by atoms with Crippen LogP contribution in [-0.2, 0) is 16.0 Å². The van der Waals surface area contributed by atoms with Gasteiger partial charge in [-0.2, -0.15) is 0 Å². The first-order chi connectivity index (χ1) is 6.50. The summed E-state index contributed by atoms with van der Waals surface area (Å²) >= 11 is 5.37. The van der Waals surface area contributed by atoms with Crippen LogP contribution < -0.4 is 0 Å². The summed E-state index contributed by atoms with van der Waals surface area (Å²) in [6.07, 6.45) is -0.0766. The average molecular weight is 369 g/mol. The van der Waals surface area contributed by atoms with Crippen molar-refractivity contribution < 1.29 is 14.7 Å². The summed E-state index contributed by atoms with van der Waals surface area (Å²) in [6.45, 7) is 0. The van der Waals surface area contributed by atoms with E-state index in [1.54, 1.807) is 12.1 Å². The fourth-order valence-electron chi connectivity index (χ4n) is 0.927. The Morgan fingerprint density at radius 1 is 1.43 bits per heavy atom. The van der Waals surface area contributed by atoms with Crippen molar-refractivity contribution in [1.82, 2.24) is 0 Å². The number of ketones is 1. The summed E-state index contributed by atoms with van der Waals surface area (Å²) in [5.41, 5.74) is 0.698. The molecule has 0 heterocycles. The molecule has 14 heavy (non-hydrogen) atoms. The first kappa shape index (κ1) is 11.6. The minimum absolute atomic E-state index is 0.0766. The number of carbonyl (C=O) groups excluding carboxylic acids is 1. The Labute approximate surface area is 103 Å². The molecule has 0 aliphatic heterocycles. The summed E-state index contributed by atoms with van der Waals surface area (Å²) < 4.78 is 1.73. The van der Waals surface area contributed by atoms with Crippen LogP contribution in [0.5, 0.6) is 0 Å². The number of halogens is 2. The molecule has 1 rings (SSSR count). The van der Waals surface area contributed by atoms with Crippen LogP contribution in [0.4, 0.5) is 0 Å². The highest BCUT2D eigenvalue weighted by Crippen LogP contribution is 2.20. The number of carboxylic acid groups (broad SMARTS) is 1. The summed E-state index contributed by atoms with van der Waals surface area (Å²) in [4.78, 5) is 21.3. The van der Waals surface area contributed by atoms with Gasteiger partial charge in [0.05, 0.1) is 0 Å². The van der Waals surface area contributed by atoms with Crippen molar-refractivity contribution in [1.29, 1.82) is 0 Å². The highest BCUT2D eigenvalue weighted by atomic mass is 127. The molecule has 0 atom stereocenters. The molecule has 0 fully saturated rings. The molecule has 0 amide bonds. The van der Waals surface area contributed by atoms with E-state index in [1.807, 2.05) is 6.07 Å². The monoisotopic (exact) mass is 368 g/mol. The number of rotatable bonds is 3. The van der Waals surface area contributed by atoms with Crippen LogP contribution >= 0.6 is 38.5 Å². The van der Waals surface area contributed by atoms with Gasteiger partial charge in [-0.15, -0.1) is 0 Å². The topological polar surface area (TPSA) is 54.4 Å². The number of carboxylic acids is 1. The maximum atomic E-state index is 11.0. The van der Waals surface area contributed by atoms with Crippen LogP contribution in [0, 0.1) is 3.57 Å². The van der Waals surface area contributed by atoms with E-state index in [4.69, 9.17) is 5.11 Å². The lowest BCUT2D eigenvalue weighted by atomic mass is 10.1. The first-order valence-electron chi connectivity index (χ1n) is 3.70. The van der Waals surface area contributed by atoms with E-state index in [-0.39, 0.29) is 6.42 Å². The fourth-order valence-corrected chi connectivity index (χ4v) is 1.87. The van der Waals surface area contributed by atoms with E-state index in [9.17, 15) is 9.59 Å². The molecule has 1 aromatic rings. The van der Waals surface area contributed by atoms with E-state index in [0.717, 1.165) is 8.04 Å². The normalized spacial score (nSPS) is 9.86. The van der Waals surface area contributed by atoms with Crippen molar-refractivity contribution in [3.63, 3.8) is 0 Å². The molecule has 5 heteroatoms. The summed E-state index contributed by atoms with van der Waals surface area (Å²) in [5, 5.41) is 8.44. The lowest BCUT2D eigenvalue weighted by Crippen LogP contribution is -2.15. The number of Topliss-reactive ketones (excluding diaryl/α,β-unsaturated/α-hetero) is 1. The fraction of sp³-hybridized carbons (Fsp3) is 0.111. The number of benzene rings is 1. The molecular formula is C9H6BrIO3. The molecule has 0 saturated carbocycles. The molecule has 0 spiro atoms. The summed E-state index contributed by atoms with van der Waals surface area (Å²) in [7, 11) is 0. The van der Waals surface area contributed by atoms with Crippen molar-refractivity contribution >= 4 is 50.3 Å². The Balaban J connectivity index is 2.91. The minimum Gasteiger partial charge on any atom is -0.475 e. The molecular weight excluding hydrogens is 363 g/mol. The van der Waals surface area contributed by atoms with E-state index in [2.05, 4.69) is 38.5 Å². The zero-order chi connectivity index (χ0) is 10.7. The standard InChI is InChI=1S/C9H6BrIO3/c10-7-2-1-6(11)3-5(7)4-8(12)9(13)14/h1-3H,4H2,(H,13,14). The van der Waals surface area contributed by atoms with Gasteiger partial charge in [-0.3, -0.25) is 4.79 Å². The van der Waals surface area contributed by atoms with Gasteiger partial charge < -0.3 is 5.11 Å². The van der Waals surface area contributed by atoms with E-state index in [0.29, 0.717) is 5.56 Å². The van der Waals surface area contributed by atoms with Crippen LogP contribution in [0.15, 0.2) is 22.7 Å². The molecule has 0 aromatic heterocycles. The maximum Gasteiger partial charge on any atom is 0.372 e. The summed E-state index contributed by atoms with van der Waals surface area (Å²) in [6, 6.07) is 5.46. The van der Waals surface area contributed by atoms with Crippen molar-refractivity contribution in [3.05, 3.63) is 31.8 Å². The molecule has 0 bridgehead atoms. The molecule has 0 aliphatic carbocycles. The Hall–Kier alpha value is -0.430. The van der Waals surface area contributed by atoms with Gasteiger partial charge in [0.15, 0.2) is 0 Å². The number of hydrogen-bond acceptors (Lipinski definition) is 2. The largest absolute Gasteiger partial charge is 0.475 e. The van der Waals surface area contributed by atoms with Crippen LogP contribution in [0.25, 0.3) is 0 Å². The lowest BCUT2D eigenvalue weighted by Gasteiger charge is -2.02.